The Kier molecular flexibility index (Phi) is 6.11. The number of esters is 2. The third-order valence-corrected chi connectivity index (χ3v) is 4.24. The molecule has 0 spiro atoms. The summed E-state index contributed by atoms with van der Waals surface area (Å²) in [6.07, 6.45) is 3.05. The fraction of sp³-hybridized carbons (Fsp3) is 0.667. The third kappa shape index (κ3) is 4.98. The van der Waals surface area contributed by atoms with E-state index in [1.165, 1.54) is 0 Å². The topological polar surface area (TPSA) is 92.5 Å². The predicted molar refractivity (Wildman–Crippen MR) is 95.6 cm³/mol. The number of piperidine rings is 1. The summed E-state index contributed by atoms with van der Waals surface area (Å²) in [4.78, 5) is 27.7. The first-order chi connectivity index (χ1) is 11.8. The molecular formula is C18H29N3O4. The molecule has 140 valence electrons. The van der Waals surface area contributed by atoms with Crippen molar-refractivity contribution >= 4 is 17.6 Å². The number of carbonyl (C=O) groups is 2. The van der Waals surface area contributed by atoms with E-state index in [9.17, 15) is 9.59 Å². The number of aromatic amines is 1. The van der Waals surface area contributed by atoms with Crippen molar-refractivity contribution in [1.82, 2.24) is 10.3 Å². The van der Waals surface area contributed by atoms with Gasteiger partial charge in [0.2, 0.25) is 0 Å². The quantitative estimate of drug-likeness (QED) is 0.681. The minimum atomic E-state index is -0.609. The summed E-state index contributed by atoms with van der Waals surface area (Å²) in [6.45, 7) is 9.63. The highest BCUT2D eigenvalue weighted by molar-refractivity contribution is 5.93. The monoisotopic (exact) mass is 351 g/mol. The Bertz CT molecular complexity index is 598. The van der Waals surface area contributed by atoms with Crippen molar-refractivity contribution in [2.75, 3.05) is 31.6 Å². The average Bonchev–Trinajstić information content (AvgIpc) is 3.01. The van der Waals surface area contributed by atoms with Gasteiger partial charge in [-0.05, 0) is 59.7 Å². The maximum atomic E-state index is 12.8. The summed E-state index contributed by atoms with van der Waals surface area (Å²) in [5, 5.41) is 6.53. The molecule has 0 aliphatic carbocycles. The van der Waals surface area contributed by atoms with Crippen molar-refractivity contribution in [3.63, 3.8) is 0 Å². The lowest BCUT2D eigenvalue weighted by molar-refractivity contribution is -0.168. The predicted octanol–water partition coefficient (Wildman–Crippen LogP) is 2.31. The maximum Gasteiger partial charge on any atom is 0.356 e. The third-order valence-electron chi connectivity index (χ3n) is 4.24. The molecule has 1 fully saturated rings. The standard InChI is InChI=1S/C18H29N3O4/c1-5-24-15(22)14-13(6-9-20-14)21-12-18(7-10-19-11-8-18)16(23)25-17(2,3)4/h6,9,19-21H,5,7-8,10-12H2,1-4H3. The molecule has 0 radical (unpaired) electrons. The summed E-state index contributed by atoms with van der Waals surface area (Å²) in [7, 11) is 0. The number of carbonyl (C=O) groups excluding carboxylic acids is 2. The molecule has 1 saturated heterocycles. The summed E-state index contributed by atoms with van der Waals surface area (Å²) in [5.41, 5.74) is -0.129. The van der Waals surface area contributed by atoms with Gasteiger partial charge in [-0.15, -0.1) is 0 Å². The van der Waals surface area contributed by atoms with Gasteiger partial charge in [0.25, 0.3) is 0 Å². The molecule has 2 heterocycles. The minimum Gasteiger partial charge on any atom is -0.461 e. The lowest BCUT2D eigenvalue weighted by Crippen LogP contribution is -2.49. The summed E-state index contributed by atoms with van der Waals surface area (Å²) >= 11 is 0. The molecule has 0 saturated carbocycles. The Balaban J connectivity index is 2.12. The van der Waals surface area contributed by atoms with Crippen LogP contribution in [0.2, 0.25) is 0 Å². The highest BCUT2D eigenvalue weighted by Crippen LogP contribution is 2.33. The molecule has 25 heavy (non-hydrogen) atoms. The molecule has 1 aromatic rings. The van der Waals surface area contributed by atoms with E-state index in [2.05, 4.69) is 15.6 Å². The molecule has 1 aromatic heterocycles. The fourth-order valence-electron chi connectivity index (χ4n) is 2.90. The average molecular weight is 351 g/mol. The van der Waals surface area contributed by atoms with Gasteiger partial charge in [-0.2, -0.15) is 0 Å². The SMILES string of the molecule is CCOC(=O)c1[nH]ccc1NCC1(C(=O)OC(C)(C)C)CCNCC1. The molecule has 7 heteroatoms. The van der Waals surface area contributed by atoms with Crippen LogP contribution in [-0.2, 0) is 14.3 Å². The first-order valence-corrected chi connectivity index (χ1v) is 8.80. The van der Waals surface area contributed by atoms with Crippen LogP contribution in [0, 0.1) is 5.41 Å². The van der Waals surface area contributed by atoms with Crippen molar-refractivity contribution in [3.05, 3.63) is 18.0 Å². The summed E-state index contributed by atoms with van der Waals surface area (Å²) < 4.78 is 10.7. The van der Waals surface area contributed by atoms with Gasteiger partial charge in [0.05, 0.1) is 17.7 Å². The van der Waals surface area contributed by atoms with E-state index in [4.69, 9.17) is 9.47 Å². The van der Waals surface area contributed by atoms with E-state index >= 15 is 0 Å². The van der Waals surface area contributed by atoms with Gasteiger partial charge in [0.1, 0.15) is 11.3 Å². The number of aromatic nitrogens is 1. The van der Waals surface area contributed by atoms with Crippen LogP contribution in [0.25, 0.3) is 0 Å². The van der Waals surface area contributed by atoms with Crippen LogP contribution >= 0.6 is 0 Å². The Morgan fingerprint density at radius 1 is 1.28 bits per heavy atom. The van der Waals surface area contributed by atoms with E-state index in [0.717, 1.165) is 13.1 Å². The lowest BCUT2D eigenvalue weighted by atomic mass is 9.78. The van der Waals surface area contributed by atoms with E-state index in [-0.39, 0.29) is 5.97 Å². The second kappa shape index (κ2) is 7.91. The first-order valence-electron chi connectivity index (χ1n) is 8.80. The normalized spacial score (nSPS) is 17.0. The van der Waals surface area contributed by atoms with E-state index in [0.29, 0.717) is 37.4 Å². The molecule has 1 aliphatic heterocycles. The second-order valence-corrected chi connectivity index (χ2v) is 7.37. The number of hydrogen-bond donors (Lipinski definition) is 3. The van der Waals surface area contributed by atoms with Crippen LogP contribution in [0.1, 0.15) is 51.0 Å². The van der Waals surface area contributed by atoms with Crippen molar-refractivity contribution in [1.29, 1.82) is 0 Å². The van der Waals surface area contributed by atoms with Gasteiger partial charge in [-0.3, -0.25) is 4.79 Å². The zero-order valence-corrected chi connectivity index (χ0v) is 15.5. The van der Waals surface area contributed by atoms with E-state index in [1.807, 2.05) is 20.8 Å². The molecule has 1 aliphatic rings. The molecular weight excluding hydrogens is 322 g/mol. The Morgan fingerprint density at radius 3 is 2.56 bits per heavy atom. The van der Waals surface area contributed by atoms with Crippen molar-refractivity contribution < 1.29 is 19.1 Å². The number of rotatable bonds is 6. The molecule has 3 N–H and O–H groups in total. The van der Waals surface area contributed by atoms with Crippen LogP contribution in [-0.4, -0.2) is 48.8 Å². The van der Waals surface area contributed by atoms with Crippen LogP contribution < -0.4 is 10.6 Å². The zero-order valence-electron chi connectivity index (χ0n) is 15.5. The van der Waals surface area contributed by atoms with E-state index < -0.39 is 17.0 Å². The molecule has 2 rings (SSSR count). The van der Waals surface area contributed by atoms with Crippen LogP contribution in [0.4, 0.5) is 5.69 Å². The molecule has 0 unspecified atom stereocenters. The fourth-order valence-corrected chi connectivity index (χ4v) is 2.90. The van der Waals surface area contributed by atoms with Gasteiger partial charge in [0.15, 0.2) is 0 Å². The van der Waals surface area contributed by atoms with Gasteiger partial charge in [0, 0.05) is 12.7 Å². The van der Waals surface area contributed by atoms with Crippen LogP contribution in [0.5, 0.6) is 0 Å². The number of ether oxygens (including phenoxy) is 2. The molecule has 7 nitrogen and oxygen atoms in total. The second-order valence-electron chi connectivity index (χ2n) is 7.37. The number of hydrogen-bond acceptors (Lipinski definition) is 6. The summed E-state index contributed by atoms with van der Waals surface area (Å²) in [5.74, 6) is -0.603. The smallest absolute Gasteiger partial charge is 0.356 e. The highest BCUT2D eigenvalue weighted by Gasteiger charge is 2.42. The zero-order chi connectivity index (χ0) is 18.5. The highest BCUT2D eigenvalue weighted by atomic mass is 16.6. The van der Waals surface area contributed by atoms with Crippen molar-refractivity contribution in [2.24, 2.45) is 5.41 Å². The van der Waals surface area contributed by atoms with Crippen molar-refractivity contribution in [3.8, 4) is 0 Å². The van der Waals surface area contributed by atoms with E-state index in [1.54, 1.807) is 19.2 Å². The lowest BCUT2D eigenvalue weighted by Gasteiger charge is -2.37. The Morgan fingerprint density at radius 2 is 1.96 bits per heavy atom. The first kappa shape index (κ1) is 19.3. The largest absolute Gasteiger partial charge is 0.461 e. The van der Waals surface area contributed by atoms with Gasteiger partial charge in [-0.1, -0.05) is 0 Å². The maximum absolute atomic E-state index is 12.8. The molecule has 0 aromatic carbocycles. The van der Waals surface area contributed by atoms with Crippen LogP contribution in [0.3, 0.4) is 0 Å². The van der Waals surface area contributed by atoms with Gasteiger partial charge < -0.3 is 25.1 Å². The molecule has 0 bridgehead atoms. The Labute approximate surface area is 148 Å². The van der Waals surface area contributed by atoms with Gasteiger partial charge in [-0.25, -0.2) is 4.79 Å². The number of nitrogens with one attached hydrogen (secondary N) is 3. The van der Waals surface area contributed by atoms with Crippen molar-refractivity contribution in [2.45, 2.75) is 46.1 Å². The minimum absolute atomic E-state index is 0.192. The summed E-state index contributed by atoms with van der Waals surface area (Å²) in [6, 6.07) is 1.77. The number of anilines is 1. The molecule has 0 atom stereocenters. The van der Waals surface area contributed by atoms with Gasteiger partial charge >= 0.3 is 11.9 Å². The van der Waals surface area contributed by atoms with Crippen LogP contribution in [0.15, 0.2) is 12.3 Å². The molecule has 0 amide bonds. The Hall–Kier alpha value is -2.02. The number of H-pyrrole nitrogens is 1.